The van der Waals surface area contributed by atoms with Gasteiger partial charge < -0.3 is 4.74 Å². The van der Waals surface area contributed by atoms with Gasteiger partial charge in [-0.2, -0.15) is 0 Å². The average molecular weight is 259 g/mol. The summed E-state index contributed by atoms with van der Waals surface area (Å²) >= 11 is 5.03. The van der Waals surface area contributed by atoms with E-state index < -0.39 is 6.09 Å². The molecule has 0 aliphatic carbocycles. The lowest BCUT2D eigenvalue weighted by Crippen LogP contribution is -2.15. The van der Waals surface area contributed by atoms with Gasteiger partial charge in [0.15, 0.2) is 0 Å². The van der Waals surface area contributed by atoms with Crippen molar-refractivity contribution in [1.82, 2.24) is 4.57 Å². The average Bonchev–Trinajstić information content (AvgIpc) is 2.40. The molecule has 4 heteroatoms. The van der Waals surface area contributed by atoms with E-state index in [-0.39, 0.29) is 0 Å². The number of rotatable bonds is 3. The summed E-state index contributed by atoms with van der Waals surface area (Å²) in [5, 5.41) is 0. The predicted molar refractivity (Wildman–Crippen MR) is 72.2 cm³/mol. The fourth-order valence-electron chi connectivity index (χ4n) is 1.55. The molecule has 0 unspecified atom stereocenters. The summed E-state index contributed by atoms with van der Waals surface area (Å²) in [6.07, 6.45) is 1.87. The molecule has 92 valence electrons. The minimum Gasteiger partial charge on any atom is -0.449 e. The predicted octanol–water partition coefficient (Wildman–Crippen LogP) is 3.44. The van der Waals surface area contributed by atoms with E-state index in [2.05, 4.69) is 0 Å². The molecule has 0 aliphatic heterocycles. The first-order valence-electron chi connectivity index (χ1n) is 5.66. The third-order valence-corrected chi connectivity index (χ3v) is 2.81. The molecule has 0 amide bonds. The van der Waals surface area contributed by atoms with Crippen LogP contribution in [0.2, 0.25) is 0 Å². The second kappa shape index (κ2) is 6.12. The Balaban J connectivity index is 1.90. The van der Waals surface area contributed by atoms with Crippen LogP contribution in [-0.4, -0.2) is 17.3 Å². The molecule has 18 heavy (non-hydrogen) atoms. The van der Waals surface area contributed by atoms with Crippen LogP contribution < -0.4 is 0 Å². The number of ether oxygens (including phenoxy) is 1. The van der Waals surface area contributed by atoms with E-state index in [0.717, 1.165) is 5.56 Å². The summed E-state index contributed by atoms with van der Waals surface area (Å²) < 4.78 is 6.94. The molecule has 0 fully saturated rings. The van der Waals surface area contributed by atoms with Crippen molar-refractivity contribution < 1.29 is 9.53 Å². The molecule has 0 aliphatic rings. The van der Waals surface area contributed by atoms with Crippen molar-refractivity contribution >= 4 is 18.3 Å². The highest BCUT2D eigenvalue weighted by Gasteiger charge is 2.04. The Morgan fingerprint density at radius 3 is 2.56 bits per heavy atom. The molecule has 0 spiro atoms. The van der Waals surface area contributed by atoms with Gasteiger partial charge in [-0.15, -0.1) is 0 Å². The molecule has 1 aromatic carbocycles. The van der Waals surface area contributed by atoms with Crippen LogP contribution in [-0.2, 0) is 11.2 Å². The summed E-state index contributed by atoms with van der Waals surface area (Å²) in [5.74, 6) is 0. The van der Waals surface area contributed by atoms with Gasteiger partial charge in [0.05, 0.1) is 6.61 Å². The van der Waals surface area contributed by atoms with Gasteiger partial charge in [-0.05, 0) is 17.7 Å². The zero-order chi connectivity index (χ0) is 12.8. The first kappa shape index (κ1) is 12.5. The lowest BCUT2D eigenvalue weighted by atomic mass is 10.2. The lowest BCUT2D eigenvalue weighted by molar-refractivity contribution is 0.148. The van der Waals surface area contributed by atoms with E-state index >= 15 is 0 Å². The Labute approximate surface area is 111 Å². The number of hydrogen-bond acceptors (Lipinski definition) is 3. The molecule has 0 saturated carbocycles. The normalized spacial score (nSPS) is 10.0. The van der Waals surface area contributed by atoms with Gasteiger partial charge in [0.2, 0.25) is 0 Å². The Bertz CT molecular complexity index is 578. The van der Waals surface area contributed by atoms with Crippen molar-refractivity contribution in [3.8, 4) is 0 Å². The number of benzene rings is 1. The molecule has 3 nitrogen and oxygen atoms in total. The Hall–Kier alpha value is -1.94. The topological polar surface area (TPSA) is 31.2 Å². The van der Waals surface area contributed by atoms with Crippen molar-refractivity contribution in [2.45, 2.75) is 6.42 Å². The van der Waals surface area contributed by atoms with Crippen molar-refractivity contribution in [3.05, 3.63) is 64.9 Å². The van der Waals surface area contributed by atoms with Crippen molar-refractivity contribution in [1.29, 1.82) is 0 Å². The molecule has 2 rings (SSSR count). The smallest absolute Gasteiger partial charge is 0.419 e. The molecule has 2 aromatic rings. The van der Waals surface area contributed by atoms with Crippen LogP contribution in [0.5, 0.6) is 0 Å². The number of carbonyl (C=O) groups excluding carboxylic acids is 1. The number of carbonyl (C=O) groups is 1. The first-order valence-corrected chi connectivity index (χ1v) is 6.07. The van der Waals surface area contributed by atoms with Gasteiger partial charge in [0.25, 0.3) is 0 Å². The van der Waals surface area contributed by atoms with E-state index in [9.17, 15) is 4.79 Å². The summed E-state index contributed by atoms with van der Waals surface area (Å²) in [5.41, 5.74) is 1.14. The zero-order valence-corrected chi connectivity index (χ0v) is 10.6. The summed E-state index contributed by atoms with van der Waals surface area (Å²) in [4.78, 5) is 11.7. The van der Waals surface area contributed by atoms with Crippen LogP contribution in [0.3, 0.4) is 0 Å². The van der Waals surface area contributed by atoms with Crippen LogP contribution in [0.4, 0.5) is 4.79 Å². The zero-order valence-electron chi connectivity index (χ0n) is 9.78. The SMILES string of the molecule is O=C(OCCc1ccccc1)n1ccccc1=S. The molecule has 0 N–H and O–H groups in total. The molecule has 1 heterocycles. The third kappa shape index (κ3) is 3.28. The second-order valence-corrected chi connectivity index (χ2v) is 4.18. The van der Waals surface area contributed by atoms with Crippen molar-refractivity contribution in [2.75, 3.05) is 6.61 Å². The molecular formula is C14H13NO2S. The minimum atomic E-state index is -0.434. The van der Waals surface area contributed by atoms with E-state index in [0.29, 0.717) is 17.7 Å². The second-order valence-electron chi connectivity index (χ2n) is 3.76. The summed E-state index contributed by atoms with van der Waals surface area (Å²) in [6, 6.07) is 15.1. The maximum atomic E-state index is 11.7. The number of pyridine rings is 1. The number of hydrogen-bond donors (Lipinski definition) is 0. The van der Waals surface area contributed by atoms with Gasteiger partial charge in [0.1, 0.15) is 4.64 Å². The van der Waals surface area contributed by atoms with Crippen LogP contribution in [0, 0.1) is 4.64 Å². The largest absolute Gasteiger partial charge is 0.449 e. The van der Waals surface area contributed by atoms with E-state index in [1.165, 1.54) is 4.57 Å². The summed E-state index contributed by atoms with van der Waals surface area (Å²) in [7, 11) is 0. The van der Waals surface area contributed by atoms with Gasteiger partial charge in [0, 0.05) is 12.6 Å². The van der Waals surface area contributed by atoms with Crippen LogP contribution in [0.25, 0.3) is 0 Å². The molecular weight excluding hydrogens is 246 g/mol. The Morgan fingerprint density at radius 1 is 1.11 bits per heavy atom. The highest BCUT2D eigenvalue weighted by molar-refractivity contribution is 7.71. The molecule has 0 radical (unpaired) electrons. The van der Waals surface area contributed by atoms with Crippen LogP contribution in [0.15, 0.2) is 54.7 Å². The monoisotopic (exact) mass is 259 g/mol. The Morgan fingerprint density at radius 2 is 1.83 bits per heavy atom. The van der Waals surface area contributed by atoms with Gasteiger partial charge >= 0.3 is 6.09 Å². The van der Waals surface area contributed by atoms with Gasteiger partial charge in [-0.3, -0.25) is 0 Å². The molecule has 1 aromatic heterocycles. The van der Waals surface area contributed by atoms with E-state index in [4.69, 9.17) is 17.0 Å². The van der Waals surface area contributed by atoms with E-state index in [1.807, 2.05) is 30.3 Å². The van der Waals surface area contributed by atoms with E-state index in [1.54, 1.807) is 24.4 Å². The molecule has 0 atom stereocenters. The maximum Gasteiger partial charge on any atom is 0.419 e. The minimum absolute atomic E-state index is 0.347. The van der Waals surface area contributed by atoms with Crippen molar-refractivity contribution in [2.24, 2.45) is 0 Å². The summed E-state index contributed by atoms with van der Waals surface area (Å²) in [6.45, 7) is 0.347. The van der Waals surface area contributed by atoms with Crippen LogP contribution >= 0.6 is 12.2 Å². The number of aromatic nitrogens is 1. The maximum absolute atomic E-state index is 11.7. The highest BCUT2D eigenvalue weighted by atomic mass is 32.1. The quantitative estimate of drug-likeness (QED) is 0.791. The van der Waals surface area contributed by atoms with Crippen LogP contribution in [0.1, 0.15) is 5.56 Å². The third-order valence-electron chi connectivity index (χ3n) is 2.48. The Kier molecular flexibility index (Phi) is 4.25. The van der Waals surface area contributed by atoms with Gasteiger partial charge in [-0.1, -0.05) is 48.6 Å². The molecule has 0 saturated heterocycles. The fraction of sp³-hybridized carbons (Fsp3) is 0.143. The first-order chi connectivity index (χ1) is 8.77. The molecule has 0 bridgehead atoms. The highest BCUT2D eigenvalue weighted by Crippen LogP contribution is 2.01. The fourth-order valence-corrected chi connectivity index (χ4v) is 1.76. The van der Waals surface area contributed by atoms with Crippen molar-refractivity contribution in [3.63, 3.8) is 0 Å². The standard InChI is InChI=1S/C14H13NO2S/c16-14(15-10-5-4-8-13(15)18)17-11-9-12-6-2-1-3-7-12/h1-8,10H,9,11H2. The van der Waals surface area contributed by atoms with Gasteiger partial charge in [-0.25, -0.2) is 9.36 Å². The number of nitrogens with zero attached hydrogens (tertiary/aromatic N) is 1. The lowest BCUT2D eigenvalue weighted by Gasteiger charge is -2.07.